The Labute approximate surface area is 474 Å². The van der Waals surface area contributed by atoms with E-state index in [2.05, 4.69) is 110 Å². The highest BCUT2D eigenvalue weighted by molar-refractivity contribution is 5.92. The van der Waals surface area contributed by atoms with Crippen molar-refractivity contribution < 1.29 is 47.6 Å². The molecule has 0 unspecified atom stereocenters. The molecule has 0 aliphatic heterocycles. The molecule has 0 heterocycles. The van der Waals surface area contributed by atoms with E-state index in [0.717, 1.165) is 86.5 Å². The van der Waals surface area contributed by atoms with Gasteiger partial charge in [0.05, 0.1) is 37.6 Å². The summed E-state index contributed by atoms with van der Waals surface area (Å²) >= 11 is 0. The third-order valence-electron chi connectivity index (χ3n) is 14.5. The number of hydrogen-bond acceptors (Lipinski definition) is 10. The Hall–Kier alpha value is -9.28. The van der Waals surface area contributed by atoms with E-state index < -0.39 is 23.9 Å². The van der Waals surface area contributed by atoms with Crippen molar-refractivity contribution in [3.63, 3.8) is 0 Å². The van der Waals surface area contributed by atoms with Crippen LogP contribution in [0.5, 0.6) is 23.0 Å². The van der Waals surface area contributed by atoms with Crippen molar-refractivity contribution in [3.05, 3.63) is 253 Å². The van der Waals surface area contributed by atoms with Gasteiger partial charge in [0.15, 0.2) is 0 Å². The first-order valence-corrected chi connectivity index (χ1v) is 27.7. The summed E-state index contributed by atoms with van der Waals surface area (Å²) in [6.07, 6.45) is 11.0. The number of carbonyl (C=O) groups is 4. The first kappa shape index (κ1) is 56.4. The van der Waals surface area contributed by atoms with Gasteiger partial charge < -0.3 is 28.4 Å². The lowest BCUT2D eigenvalue weighted by Gasteiger charge is -2.33. The van der Waals surface area contributed by atoms with Crippen LogP contribution in [-0.4, -0.2) is 50.3 Å². The van der Waals surface area contributed by atoms with Crippen LogP contribution in [0.2, 0.25) is 0 Å². The molecule has 8 aromatic carbocycles. The van der Waals surface area contributed by atoms with Gasteiger partial charge in [-0.25, -0.2) is 19.2 Å². The zero-order chi connectivity index (χ0) is 56.2. The first-order chi connectivity index (χ1) is 39.7. The predicted molar refractivity (Wildman–Crippen MR) is 317 cm³/mol. The van der Waals surface area contributed by atoms with Crippen LogP contribution in [0.15, 0.2) is 219 Å². The van der Waals surface area contributed by atoms with Gasteiger partial charge in [0, 0.05) is 17.6 Å². The fourth-order valence-electron chi connectivity index (χ4n) is 10.3. The van der Waals surface area contributed by atoms with Crippen molar-refractivity contribution in [2.24, 2.45) is 0 Å². The molecular formula is C71H66O10. The smallest absolute Gasteiger partial charge is 0.343 e. The number of esters is 4. The maximum Gasteiger partial charge on any atom is 0.343 e. The first-order valence-electron chi connectivity index (χ1n) is 27.7. The Morgan fingerprint density at radius 1 is 0.358 bits per heavy atom. The fraction of sp³-hybridized carbons (Fsp3) is 0.211. The summed E-state index contributed by atoms with van der Waals surface area (Å²) in [4.78, 5) is 48.5. The molecule has 8 aromatic rings. The van der Waals surface area contributed by atoms with Crippen LogP contribution >= 0.6 is 0 Å². The van der Waals surface area contributed by atoms with Gasteiger partial charge in [-0.05, 0) is 193 Å². The molecule has 0 aromatic heterocycles. The molecule has 10 nitrogen and oxygen atoms in total. The fourth-order valence-corrected chi connectivity index (χ4v) is 10.3. The van der Waals surface area contributed by atoms with Gasteiger partial charge in [0.1, 0.15) is 23.0 Å². The second-order valence-electron chi connectivity index (χ2n) is 20.1. The Morgan fingerprint density at radius 3 is 1.04 bits per heavy atom. The second-order valence-corrected chi connectivity index (χ2v) is 20.1. The van der Waals surface area contributed by atoms with Crippen LogP contribution < -0.4 is 18.9 Å². The standard InChI is InChI=1S/C71H66O10/c1-3-67(72)78-47-15-7-5-13-45-76-59-37-33-57(34-38-59)69(74)80-61-41-29-55(30-42-61)53-25-21-51(22-26-53)49-71(65-19-11-9-17-63(65)64-18-10-12-20-66(64)71)50-52-23-27-54(28-24-52)56-31-43-62(44-32-56)81-70(75)58-35-39-60(40-36-58)77-46-14-6-8-16-48-79-68(73)4-2/h3-4,9-12,17-44H,1-2,5-8,13-16,45-50H2. The van der Waals surface area contributed by atoms with Crippen molar-refractivity contribution in [2.75, 3.05) is 26.4 Å². The van der Waals surface area contributed by atoms with Gasteiger partial charge in [-0.1, -0.05) is 134 Å². The van der Waals surface area contributed by atoms with Gasteiger partial charge in [-0.15, -0.1) is 0 Å². The van der Waals surface area contributed by atoms with E-state index in [-0.39, 0.29) is 5.41 Å². The predicted octanol–water partition coefficient (Wildman–Crippen LogP) is 15.5. The van der Waals surface area contributed by atoms with Gasteiger partial charge in [-0.2, -0.15) is 0 Å². The minimum absolute atomic E-state index is 0.326. The minimum atomic E-state index is -0.446. The van der Waals surface area contributed by atoms with Crippen molar-refractivity contribution in [1.82, 2.24) is 0 Å². The summed E-state index contributed by atoms with van der Waals surface area (Å²) in [5.74, 6) is 0.589. The topological polar surface area (TPSA) is 124 Å². The number of rotatable bonds is 28. The summed E-state index contributed by atoms with van der Waals surface area (Å²) in [6, 6.07) is 64.3. The lowest BCUT2D eigenvalue weighted by molar-refractivity contribution is -0.138. The maximum absolute atomic E-state index is 13.1. The van der Waals surface area contributed by atoms with Gasteiger partial charge in [0.2, 0.25) is 0 Å². The van der Waals surface area contributed by atoms with Crippen LogP contribution in [0.4, 0.5) is 0 Å². The van der Waals surface area contributed by atoms with Crippen LogP contribution in [0.25, 0.3) is 33.4 Å². The molecule has 410 valence electrons. The SMILES string of the molecule is C=CC(=O)OCCCCCCOc1ccc(C(=O)Oc2ccc(-c3ccc(CC4(Cc5ccc(-c6ccc(OC(=O)c7ccc(OCCCCCCOC(=O)C=C)cc7)cc6)cc5)c5ccccc5-c5ccccc54)cc3)cc2)cc1. The van der Waals surface area contributed by atoms with Gasteiger partial charge >= 0.3 is 23.9 Å². The van der Waals surface area contributed by atoms with Crippen LogP contribution in [0.1, 0.15) is 94.3 Å². The summed E-state index contributed by atoms with van der Waals surface area (Å²) in [5.41, 5.74) is 12.3. The molecule has 0 spiro atoms. The highest BCUT2D eigenvalue weighted by Crippen LogP contribution is 2.52. The Balaban J connectivity index is 0.786. The number of carbonyl (C=O) groups excluding carboxylic acids is 4. The summed E-state index contributed by atoms with van der Waals surface area (Å²) in [5, 5.41) is 0. The summed E-state index contributed by atoms with van der Waals surface area (Å²) in [6.45, 7) is 8.68. The molecule has 0 bridgehead atoms. The summed E-state index contributed by atoms with van der Waals surface area (Å²) < 4.78 is 33.2. The average Bonchev–Trinajstić information content (AvgIpc) is 3.98. The lowest BCUT2D eigenvalue weighted by atomic mass is 9.69. The zero-order valence-corrected chi connectivity index (χ0v) is 45.5. The molecule has 0 radical (unpaired) electrons. The molecular weight excluding hydrogens is 1010 g/mol. The number of unbranched alkanes of at least 4 members (excludes halogenated alkanes) is 6. The second kappa shape index (κ2) is 28.0. The third-order valence-corrected chi connectivity index (χ3v) is 14.5. The molecule has 0 saturated heterocycles. The molecule has 81 heavy (non-hydrogen) atoms. The van der Waals surface area contributed by atoms with Crippen molar-refractivity contribution in [2.45, 2.75) is 69.6 Å². The molecule has 9 rings (SSSR count). The van der Waals surface area contributed by atoms with Crippen molar-refractivity contribution in [3.8, 4) is 56.4 Å². The van der Waals surface area contributed by atoms with E-state index in [1.807, 2.05) is 48.5 Å². The van der Waals surface area contributed by atoms with E-state index in [0.29, 0.717) is 60.6 Å². The maximum atomic E-state index is 13.1. The number of fused-ring (bicyclic) bond motifs is 3. The highest BCUT2D eigenvalue weighted by Gasteiger charge is 2.43. The molecule has 1 aliphatic carbocycles. The minimum Gasteiger partial charge on any atom is -0.494 e. The van der Waals surface area contributed by atoms with Gasteiger partial charge in [0.25, 0.3) is 0 Å². The van der Waals surface area contributed by atoms with Crippen molar-refractivity contribution in [1.29, 1.82) is 0 Å². The quantitative estimate of drug-likeness (QED) is 0.0203. The van der Waals surface area contributed by atoms with E-state index in [1.165, 1.54) is 45.5 Å². The molecule has 1 aliphatic rings. The summed E-state index contributed by atoms with van der Waals surface area (Å²) in [7, 11) is 0. The number of benzene rings is 8. The number of ether oxygens (including phenoxy) is 6. The van der Waals surface area contributed by atoms with E-state index in [4.69, 9.17) is 28.4 Å². The molecule has 0 amide bonds. The van der Waals surface area contributed by atoms with Crippen LogP contribution in [-0.2, 0) is 37.3 Å². The molecule has 10 heteroatoms. The van der Waals surface area contributed by atoms with Crippen LogP contribution in [0, 0.1) is 0 Å². The van der Waals surface area contributed by atoms with Gasteiger partial charge in [-0.3, -0.25) is 0 Å². The molecule has 0 saturated carbocycles. The van der Waals surface area contributed by atoms with E-state index in [1.54, 1.807) is 48.5 Å². The Morgan fingerprint density at radius 2 is 0.679 bits per heavy atom. The van der Waals surface area contributed by atoms with Crippen LogP contribution in [0.3, 0.4) is 0 Å². The third kappa shape index (κ3) is 15.1. The largest absolute Gasteiger partial charge is 0.494 e. The Kier molecular flexibility index (Phi) is 19.5. The zero-order valence-electron chi connectivity index (χ0n) is 45.5. The van der Waals surface area contributed by atoms with E-state index in [9.17, 15) is 19.2 Å². The molecule has 0 N–H and O–H groups in total. The monoisotopic (exact) mass is 1080 g/mol. The number of hydrogen-bond donors (Lipinski definition) is 0. The normalized spacial score (nSPS) is 11.8. The van der Waals surface area contributed by atoms with Crippen molar-refractivity contribution >= 4 is 23.9 Å². The average molecular weight is 1080 g/mol. The Bertz CT molecular complexity index is 3170. The molecule has 0 fully saturated rings. The lowest BCUT2D eigenvalue weighted by Crippen LogP contribution is -2.31. The molecule has 0 atom stereocenters. The highest BCUT2D eigenvalue weighted by atomic mass is 16.5. The van der Waals surface area contributed by atoms with E-state index >= 15 is 0 Å².